The van der Waals surface area contributed by atoms with Crippen LogP contribution in [0.5, 0.6) is 0 Å². The van der Waals surface area contributed by atoms with Crippen LogP contribution in [0.15, 0.2) is 24.3 Å². The molecule has 0 aromatic heterocycles. The Labute approximate surface area is 204 Å². The Hall–Kier alpha value is -2.12. The van der Waals surface area contributed by atoms with Crippen molar-refractivity contribution in [2.24, 2.45) is 0 Å². The number of quaternary nitrogens is 1. The second kappa shape index (κ2) is 10.2. The Balaban J connectivity index is 1.29. The first-order chi connectivity index (χ1) is 16.2. The fourth-order valence-electron chi connectivity index (χ4n) is 6.16. The number of piperidine rings is 1. The van der Waals surface area contributed by atoms with E-state index >= 15 is 0 Å². The fourth-order valence-corrected chi connectivity index (χ4v) is 6.16. The molecule has 34 heavy (non-hydrogen) atoms. The molecule has 0 radical (unpaired) electrons. The first kappa shape index (κ1) is 25.0. The van der Waals surface area contributed by atoms with E-state index in [9.17, 15) is 9.59 Å². The molecule has 3 aliphatic heterocycles. The number of hydrogen-bond acceptors (Lipinski definition) is 4. The van der Waals surface area contributed by atoms with Gasteiger partial charge in [0.1, 0.15) is 17.3 Å². The van der Waals surface area contributed by atoms with E-state index in [0.29, 0.717) is 31.6 Å². The predicted molar refractivity (Wildman–Crippen MR) is 136 cm³/mol. The highest BCUT2D eigenvalue weighted by Gasteiger charge is 2.47. The van der Waals surface area contributed by atoms with Crippen LogP contribution in [0.1, 0.15) is 65.4 Å². The highest BCUT2D eigenvalue weighted by Crippen LogP contribution is 2.39. The number of carbonyl (C=O) groups is 2. The molecule has 1 aromatic carbocycles. The van der Waals surface area contributed by atoms with Gasteiger partial charge >= 0.3 is 6.09 Å². The monoisotopic (exact) mass is 471 g/mol. The summed E-state index contributed by atoms with van der Waals surface area (Å²) in [6.07, 6.45) is 5.46. The van der Waals surface area contributed by atoms with Gasteiger partial charge in [-0.1, -0.05) is 12.1 Å². The minimum atomic E-state index is -0.486. The third-order valence-corrected chi connectivity index (χ3v) is 7.92. The van der Waals surface area contributed by atoms with Gasteiger partial charge in [-0.2, -0.15) is 0 Å². The second-order valence-electron chi connectivity index (χ2n) is 11.4. The zero-order valence-corrected chi connectivity index (χ0v) is 21.4. The molecule has 3 atom stereocenters. The summed E-state index contributed by atoms with van der Waals surface area (Å²) in [5.74, 6) is 0.0573. The van der Waals surface area contributed by atoms with E-state index in [1.54, 1.807) is 4.90 Å². The van der Waals surface area contributed by atoms with Crippen molar-refractivity contribution in [3.63, 3.8) is 0 Å². The van der Waals surface area contributed by atoms with Crippen LogP contribution in [0, 0.1) is 0 Å². The Morgan fingerprint density at radius 3 is 2.38 bits per heavy atom. The fraction of sp³-hybridized carbons (Fsp3) is 0.704. The number of hydrogen-bond donors (Lipinski definition) is 2. The molecule has 3 fully saturated rings. The molecule has 7 heteroatoms. The minimum Gasteiger partial charge on any atom is -0.444 e. The minimum absolute atomic E-state index is 0.0573. The summed E-state index contributed by atoms with van der Waals surface area (Å²) in [5, 5.41) is 6.74. The molecular weight excluding hydrogens is 428 g/mol. The molecule has 0 saturated carbocycles. The first-order valence-electron chi connectivity index (χ1n) is 13.1. The van der Waals surface area contributed by atoms with Gasteiger partial charge in [0, 0.05) is 51.5 Å². The van der Waals surface area contributed by atoms with Gasteiger partial charge in [0.15, 0.2) is 0 Å². The lowest BCUT2D eigenvalue weighted by Gasteiger charge is -2.43. The molecule has 188 valence electrons. The van der Waals surface area contributed by atoms with Crippen LogP contribution in [-0.4, -0.2) is 73.4 Å². The van der Waals surface area contributed by atoms with Crippen LogP contribution in [-0.2, 0) is 16.0 Å². The number of nitrogens with one attached hydrogen (secondary N) is 2. The van der Waals surface area contributed by atoms with Crippen LogP contribution in [0.25, 0.3) is 0 Å². The van der Waals surface area contributed by atoms with Crippen molar-refractivity contribution in [2.75, 3.05) is 32.7 Å². The van der Waals surface area contributed by atoms with Crippen molar-refractivity contribution in [3.8, 4) is 0 Å². The quantitative estimate of drug-likeness (QED) is 0.644. The molecule has 3 saturated heterocycles. The average Bonchev–Trinajstić information content (AvgIpc) is 3.44. The number of nitrogens with zero attached hydrogens (tertiary/aromatic N) is 2. The van der Waals surface area contributed by atoms with Gasteiger partial charge in [-0.15, -0.1) is 0 Å². The van der Waals surface area contributed by atoms with Crippen molar-refractivity contribution >= 4 is 17.7 Å². The summed E-state index contributed by atoms with van der Waals surface area (Å²) >= 11 is 0. The molecule has 0 bridgehead atoms. The maximum Gasteiger partial charge on any atom is 0.410 e. The molecule has 2 amide bonds. The molecular formula is C27H43N4O3+. The van der Waals surface area contributed by atoms with E-state index < -0.39 is 5.60 Å². The lowest BCUT2D eigenvalue weighted by molar-refractivity contribution is -0.121. The van der Waals surface area contributed by atoms with Crippen LogP contribution in [0.3, 0.4) is 0 Å². The Kier molecular flexibility index (Phi) is 7.53. The highest BCUT2D eigenvalue weighted by atomic mass is 16.6. The standard InChI is InChI=1S/C27H42N4O3/c1-20-6-5-17-31(20,24-11-14-28-19-24)23-9-7-21(8-10-23)18-25(32)29-22-12-15-30(16-13-22)26(33)34-27(2,3)4/h7-10,20,22,24,28H,5-6,11-19H2,1-4H3/p+1/t20-,24-,31?/m0/s1. The largest absolute Gasteiger partial charge is 0.444 e. The summed E-state index contributed by atoms with van der Waals surface area (Å²) in [6.45, 7) is 12.7. The van der Waals surface area contributed by atoms with Crippen molar-refractivity contribution in [3.05, 3.63) is 29.8 Å². The SMILES string of the molecule is C[C@H]1CCC[N+]1(c1ccc(CC(=O)NC2CCN(C(=O)OC(C)(C)C)CC2)cc1)[C@H]1CCNC1. The molecule has 0 spiro atoms. The number of carbonyl (C=O) groups excluding carboxylic acids is 2. The lowest BCUT2D eigenvalue weighted by atomic mass is 10.0. The van der Waals surface area contributed by atoms with E-state index in [0.717, 1.165) is 36.0 Å². The van der Waals surface area contributed by atoms with Crippen LogP contribution in [0.4, 0.5) is 10.5 Å². The second-order valence-corrected chi connectivity index (χ2v) is 11.4. The number of amides is 2. The number of ether oxygens (including phenoxy) is 1. The lowest BCUT2D eigenvalue weighted by Crippen LogP contribution is -2.59. The Morgan fingerprint density at radius 2 is 1.82 bits per heavy atom. The normalized spacial score (nSPS) is 28.2. The summed E-state index contributed by atoms with van der Waals surface area (Å²) in [6, 6.07) is 10.2. The Morgan fingerprint density at radius 1 is 1.12 bits per heavy atom. The topological polar surface area (TPSA) is 70.7 Å². The van der Waals surface area contributed by atoms with Gasteiger partial charge in [0.2, 0.25) is 5.91 Å². The summed E-state index contributed by atoms with van der Waals surface area (Å²) in [4.78, 5) is 26.7. The summed E-state index contributed by atoms with van der Waals surface area (Å²) in [5.41, 5.74) is 1.97. The van der Waals surface area contributed by atoms with Crippen molar-refractivity contribution in [1.82, 2.24) is 20.0 Å². The number of benzene rings is 1. The highest BCUT2D eigenvalue weighted by molar-refractivity contribution is 5.79. The molecule has 2 N–H and O–H groups in total. The predicted octanol–water partition coefficient (Wildman–Crippen LogP) is 3.60. The number of likely N-dealkylation sites (tertiary alicyclic amines) is 2. The van der Waals surface area contributed by atoms with E-state index in [2.05, 4.69) is 41.8 Å². The van der Waals surface area contributed by atoms with E-state index in [-0.39, 0.29) is 18.0 Å². The maximum absolute atomic E-state index is 12.7. The molecule has 3 aliphatic rings. The summed E-state index contributed by atoms with van der Waals surface area (Å²) in [7, 11) is 0. The third-order valence-electron chi connectivity index (χ3n) is 7.92. The van der Waals surface area contributed by atoms with Crippen molar-refractivity contribution in [1.29, 1.82) is 0 Å². The van der Waals surface area contributed by atoms with Gasteiger partial charge in [-0.3, -0.25) is 9.28 Å². The molecule has 4 rings (SSSR count). The van der Waals surface area contributed by atoms with Gasteiger partial charge in [0.05, 0.1) is 19.0 Å². The smallest absolute Gasteiger partial charge is 0.410 e. The van der Waals surface area contributed by atoms with Gasteiger partial charge in [-0.05, 0) is 58.2 Å². The zero-order valence-electron chi connectivity index (χ0n) is 21.4. The third kappa shape index (κ3) is 5.57. The molecule has 1 unspecified atom stereocenters. The average molecular weight is 472 g/mol. The first-order valence-corrected chi connectivity index (χ1v) is 13.1. The van der Waals surface area contributed by atoms with Gasteiger partial charge in [-0.25, -0.2) is 4.79 Å². The van der Waals surface area contributed by atoms with Crippen molar-refractivity contribution in [2.45, 2.75) is 89.9 Å². The summed E-state index contributed by atoms with van der Waals surface area (Å²) < 4.78 is 6.55. The maximum atomic E-state index is 12.7. The van der Waals surface area contributed by atoms with E-state index in [1.165, 1.54) is 31.5 Å². The van der Waals surface area contributed by atoms with Crippen LogP contribution >= 0.6 is 0 Å². The molecule has 1 aromatic rings. The Bertz CT molecular complexity index is 852. The van der Waals surface area contributed by atoms with E-state index in [4.69, 9.17) is 4.74 Å². The zero-order chi connectivity index (χ0) is 24.3. The van der Waals surface area contributed by atoms with Crippen LogP contribution < -0.4 is 15.1 Å². The van der Waals surface area contributed by atoms with Gasteiger partial charge < -0.3 is 20.3 Å². The molecule has 7 nitrogen and oxygen atoms in total. The molecule has 3 heterocycles. The molecule has 0 aliphatic carbocycles. The van der Waals surface area contributed by atoms with Gasteiger partial charge in [0.25, 0.3) is 0 Å². The van der Waals surface area contributed by atoms with Crippen LogP contribution in [0.2, 0.25) is 0 Å². The van der Waals surface area contributed by atoms with E-state index in [1.807, 2.05) is 20.8 Å². The van der Waals surface area contributed by atoms with Crippen molar-refractivity contribution < 1.29 is 14.3 Å². The number of rotatable bonds is 5.